The number of anilines is 1. The first-order valence-electron chi connectivity index (χ1n) is 7.50. The molecule has 0 unspecified atom stereocenters. The van der Waals surface area contributed by atoms with Crippen LogP contribution in [-0.2, 0) is 5.75 Å². The summed E-state index contributed by atoms with van der Waals surface area (Å²) >= 11 is 3.01. The van der Waals surface area contributed by atoms with Gasteiger partial charge in [0.25, 0.3) is 5.91 Å². The summed E-state index contributed by atoms with van der Waals surface area (Å²) in [5, 5.41) is 11.5. The predicted octanol–water partition coefficient (Wildman–Crippen LogP) is 4.70. The molecule has 6 heteroatoms. The zero-order valence-electron chi connectivity index (χ0n) is 13.4. The Morgan fingerprint density at radius 2 is 1.83 bits per heavy atom. The van der Waals surface area contributed by atoms with Crippen LogP contribution in [0.2, 0.25) is 0 Å². The molecule has 0 radical (unpaired) electrons. The number of hydrogen-bond acceptors (Lipinski definition) is 5. The van der Waals surface area contributed by atoms with Gasteiger partial charge in [0, 0.05) is 11.3 Å². The minimum absolute atomic E-state index is 0.153. The highest BCUT2D eigenvalue weighted by Crippen LogP contribution is 2.28. The van der Waals surface area contributed by atoms with Crippen molar-refractivity contribution in [3.63, 3.8) is 0 Å². The first-order valence-corrected chi connectivity index (χ1v) is 9.31. The zero-order valence-corrected chi connectivity index (χ0v) is 15.1. The van der Waals surface area contributed by atoms with Crippen molar-refractivity contribution in [3.8, 4) is 0 Å². The fraction of sp³-hybridized carbons (Fsp3) is 0.167. The molecule has 0 aliphatic heterocycles. The lowest BCUT2D eigenvalue weighted by Gasteiger charge is -2.03. The number of nitrogens with one attached hydrogen (secondary N) is 1. The molecule has 0 saturated carbocycles. The molecule has 0 fully saturated rings. The van der Waals surface area contributed by atoms with Crippen molar-refractivity contribution in [2.75, 3.05) is 5.32 Å². The predicted molar refractivity (Wildman–Crippen MR) is 99.8 cm³/mol. The normalized spacial score (nSPS) is 10.6. The Labute approximate surface area is 149 Å². The molecule has 122 valence electrons. The number of aromatic nitrogens is 2. The number of thioether (sulfide) groups is 1. The van der Waals surface area contributed by atoms with Crippen molar-refractivity contribution >= 4 is 34.1 Å². The van der Waals surface area contributed by atoms with Crippen molar-refractivity contribution in [1.29, 1.82) is 0 Å². The third-order valence-electron chi connectivity index (χ3n) is 3.50. The van der Waals surface area contributed by atoms with Crippen LogP contribution in [0.4, 0.5) is 5.13 Å². The van der Waals surface area contributed by atoms with Gasteiger partial charge < -0.3 is 0 Å². The molecule has 2 aromatic carbocycles. The highest BCUT2D eigenvalue weighted by molar-refractivity contribution is 8.00. The molecule has 24 heavy (non-hydrogen) atoms. The Morgan fingerprint density at radius 1 is 1.08 bits per heavy atom. The molecular weight excluding hydrogens is 338 g/mol. The first-order chi connectivity index (χ1) is 11.6. The van der Waals surface area contributed by atoms with Crippen LogP contribution in [-0.4, -0.2) is 16.1 Å². The van der Waals surface area contributed by atoms with E-state index in [0.29, 0.717) is 10.7 Å². The largest absolute Gasteiger partial charge is 0.296 e. The van der Waals surface area contributed by atoms with E-state index < -0.39 is 0 Å². The summed E-state index contributed by atoms with van der Waals surface area (Å²) in [5.74, 6) is 0.681. The van der Waals surface area contributed by atoms with Crippen molar-refractivity contribution in [2.45, 2.75) is 23.9 Å². The summed E-state index contributed by atoms with van der Waals surface area (Å²) in [5.41, 5.74) is 4.09. The molecular formula is C18H17N3OS2. The van der Waals surface area contributed by atoms with E-state index in [4.69, 9.17) is 0 Å². The summed E-state index contributed by atoms with van der Waals surface area (Å²) in [7, 11) is 0. The van der Waals surface area contributed by atoms with E-state index in [9.17, 15) is 4.79 Å². The summed E-state index contributed by atoms with van der Waals surface area (Å²) in [4.78, 5) is 12.3. The van der Waals surface area contributed by atoms with E-state index in [1.807, 2.05) is 25.1 Å². The number of hydrogen-bond donors (Lipinski definition) is 1. The molecule has 0 aliphatic carbocycles. The maximum atomic E-state index is 12.3. The molecule has 0 atom stereocenters. The Hall–Kier alpha value is -2.18. The van der Waals surface area contributed by atoms with E-state index >= 15 is 0 Å². The molecule has 0 saturated heterocycles. The lowest BCUT2D eigenvalue weighted by molar-refractivity contribution is 0.102. The van der Waals surface area contributed by atoms with Crippen LogP contribution in [0.3, 0.4) is 0 Å². The van der Waals surface area contributed by atoms with Crippen molar-refractivity contribution in [3.05, 3.63) is 70.8 Å². The van der Waals surface area contributed by atoms with Gasteiger partial charge in [0.15, 0.2) is 4.34 Å². The van der Waals surface area contributed by atoms with Crippen LogP contribution >= 0.6 is 23.1 Å². The van der Waals surface area contributed by atoms with Crippen LogP contribution < -0.4 is 5.32 Å². The minimum Gasteiger partial charge on any atom is -0.296 e. The lowest BCUT2D eigenvalue weighted by Crippen LogP contribution is -2.12. The number of aryl methyl sites for hydroxylation is 2. The minimum atomic E-state index is -0.153. The third-order valence-corrected chi connectivity index (χ3v) is 5.54. The van der Waals surface area contributed by atoms with Gasteiger partial charge in [-0.15, -0.1) is 10.2 Å². The highest BCUT2D eigenvalue weighted by Gasteiger charge is 2.12. The number of carbonyl (C=O) groups excluding carboxylic acids is 1. The van der Waals surface area contributed by atoms with Crippen molar-refractivity contribution < 1.29 is 4.79 Å². The van der Waals surface area contributed by atoms with Crippen molar-refractivity contribution in [1.82, 2.24) is 10.2 Å². The topological polar surface area (TPSA) is 54.9 Å². The average Bonchev–Trinajstić information content (AvgIpc) is 3.02. The van der Waals surface area contributed by atoms with Crippen LogP contribution in [0.5, 0.6) is 0 Å². The quantitative estimate of drug-likeness (QED) is 0.532. The molecule has 4 nitrogen and oxygen atoms in total. The van der Waals surface area contributed by atoms with Crippen molar-refractivity contribution in [2.24, 2.45) is 0 Å². The number of amides is 1. The molecule has 1 amide bonds. The summed E-state index contributed by atoms with van der Waals surface area (Å²) in [6, 6.07) is 15.9. The molecule has 0 aliphatic rings. The zero-order chi connectivity index (χ0) is 16.9. The monoisotopic (exact) mass is 355 g/mol. The van der Waals surface area contributed by atoms with Gasteiger partial charge in [-0.05, 0) is 31.0 Å². The SMILES string of the molecule is Cc1ccc(CSc2nnc(NC(=O)c3ccccc3C)s2)cc1. The maximum absolute atomic E-state index is 12.3. The molecule has 0 bridgehead atoms. The Morgan fingerprint density at radius 3 is 2.58 bits per heavy atom. The van der Waals surface area contributed by atoms with Gasteiger partial charge in [0.05, 0.1) is 0 Å². The van der Waals surface area contributed by atoms with E-state index in [1.54, 1.807) is 17.8 Å². The van der Waals surface area contributed by atoms with Gasteiger partial charge >= 0.3 is 0 Å². The molecule has 3 rings (SSSR count). The number of benzene rings is 2. The fourth-order valence-electron chi connectivity index (χ4n) is 2.14. The van der Waals surface area contributed by atoms with E-state index in [-0.39, 0.29) is 5.91 Å². The van der Waals surface area contributed by atoms with Gasteiger partial charge in [0.2, 0.25) is 5.13 Å². The van der Waals surface area contributed by atoms with Gasteiger partial charge in [-0.1, -0.05) is 71.1 Å². The number of rotatable bonds is 5. The van der Waals surface area contributed by atoms with Crippen LogP contribution in [0, 0.1) is 13.8 Å². The number of carbonyl (C=O) groups is 1. The standard InChI is InChI=1S/C18H17N3OS2/c1-12-7-9-14(10-8-12)11-23-18-21-20-17(24-18)19-16(22)15-6-4-3-5-13(15)2/h3-10H,11H2,1-2H3,(H,19,20,22). The smallest absolute Gasteiger partial charge is 0.257 e. The summed E-state index contributed by atoms with van der Waals surface area (Å²) in [6.07, 6.45) is 0. The molecule has 3 aromatic rings. The molecule has 1 heterocycles. The van der Waals surface area contributed by atoms with E-state index in [1.165, 1.54) is 22.5 Å². The fourth-order valence-corrected chi connectivity index (χ4v) is 3.84. The second-order valence-corrected chi connectivity index (χ2v) is 7.62. The third kappa shape index (κ3) is 4.21. The molecule has 1 aromatic heterocycles. The summed E-state index contributed by atoms with van der Waals surface area (Å²) in [6.45, 7) is 3.99. The van der Waals surface area contributed by atoms with Gasteiger partial charge in [-0.2, -0.15) is 0 Å². The van der Waals surface area contributed by atoms with Gasteiger partial charge in [-0.3, -0.25) is 10.1 Å². The second kappa shape index (κ2) is 7.59. The van der Waals surface area contributed by atoms with E-state index in [0.717, 1.165) is 15.7 Å². The molecule has 0 spiro atoms. The van der Waals surface area contributed by atoms with Gasteiger partial charge in [0.1, 0.15) is 0 Å². The van der Waals surface area contributed by atoms with Crippen LogP contribution in [0.1, 0.15) is 27.0 Å². The Balaban J connectivity index is 1.60. The number of nitrogens with zero attached hydrogens (tertiary/aromatic N) is 2. The lowest BCUT2D eigenvalue weighted by atomic mass is 10.1. The second-order valence-electron chi connectivity index (χ2n) is 5.42. The Kier molecular flexibility index (Phi) is 5.27. The average molecular weight is 355 g/mol. The van der Waals surface area contributed by atoms with Crippen LogP contribution in [0.15, 0.2) is 52.9 Å². The summed E-state index contributed by atoms with van der Waals surface area (Å²) < 4.78 is 0.843. The Bertz CT molecular complexity index is 843. The van der Waals surface area contributed by atoms with Crippen LogP contribution in [0.25, 0.3) is 0 Å². The van der Waals surface area contributed by atoms with E-state index in [2.05, 4.69) is 46.7 Å². The molecule has 1 N–H and O–H groups in total. The maximum Gasteiger partial charge on any atom is 0.257 e. The van der Waals surface area contributed by atoms with Gasteiger partial charge in [-0.25, -0.2) is 0 Å². The first kappa shape index (κ1) is 16.7. The highest BCUT2D eigenvalue weighted by atomic mass is 32.2.